The van der Waals surface area contributed by atoms with Gasteiger partial charge in [0.05, 0.1) is 0 Å². The van der Waals surface area contributed by atoms with E-state index in [0.717, 1.165) is 32.0 Å². The number of esters is 1. The van der Waals surface area contributed by atoms with Crippen molar-refractivity contribution < 1.29 is 14.3 Å². The van der Waals surface area contributed by atoms with Gasteiger partial charge in [0.1, 0.15) is 11.9 Å². The van der Waals surface area contributed by atoms with Gasteiger partial charge in [0.15, 0.2) is 0 Å². The number of hydrogen-bond acceptors (Lipinski definition) is 3. The van der Waals surface area contributed by atoms with E-state index in [1.54, 1.807) is 0 Å². The molecule has 0 spiro atoms. The number of ether oxygens (including phenoxy) is 1. The van der Waals surface area contributed by atoms with Crippen molar-refractivity contribution in [3.05, 3.63) is 0 Å². The Bertz CT molecular complexity index is 192. The lowest BCUT2D eigenvalue weighted by Gasteiger charge is -2.19. The van der Waals surface area contributed by atoms with Gasteiger partial charge in [0.25, 0.3) is 0 Å². The standard InChI is InChI=1S/C12H22O3/c1-12(2,3)15-11(14)9-7-5-4-6-8-10-13/h10H,4-9H2,1-3H3. The van der Waals surface area contributed by atoms with Crippen molar-refractivity contribution in [2.45, 2.75) is 64.9 Å². The first kappa shape index (κ1) is 14.1. The Morgan fingerprint density at radius 3 is 2.27 bits per heavy atom. The van der Waals surface area contributed by atoms with Crippen molar-refractivity contribution >= 4 is 12.3 Å². The lowest BCUT2D eigenvalue weighted by Crippen LogP contribution is -2.23. The van der Waals surface area contributed by atoms with E-state index in [-0.39, 0.29) is 11.6 Å². The first-order valence-corrected chi connectivity index (χ1v) is 5.61. The molecule has 0 aromatic carbocycles. The second-order valence-corrected chi connectivity index (χ2v) is 4.71. The van der Waals surface area contributed by atoms with E-state index in [0.29, 0.717) is 12.8 Å². The highest BCUT2D eigenvalue weighted by molar-refractivity contribution is 5.69. The summed E-state index contributed by atoms with van der Waals surface area (Å²) >= 11 is 0. The third-order valence-electron chi connectivity index (χ3n) is 1.87. The summed E-state index contributed by atoms with van der Waals surface area (Å²) in [5.74, 6) is -0.127. The van der Waals surface area contributed by atoms with E-state index < -0.39 is 0 Å². The molecular formula is C12H22O3. The van der Waals surface area contributed by atoms with Crippen LogP contribution < -0.4 is 0 Å². The molecule has 0 fully saturated rings. The van der Waals surface area contributed by atoms with E-state index in [4.69, 9.17) is 4.74 Å². The molecule has 0 radical (unpaired) electrons. The Balaban J connectivity index is 3.36. The first-order chi connectivity index (χ1) is 6.95. The highest BCUT2D eigenvalue weighted by atomic mass is 16.6. The SMILES string of the molecule is CC(C)(C)OC(=O)CCCCCCC=O. The molecule has 88 valence electrons. The Kier molecular flexibility index (Phi) is 7.01. The highest BCUT2D eigenvalue weighted by Crippen LogP contribution is 2.11. The molecule has 0 unspecified atom stereocenters. The van der Waals surface area contributed by atoms with Crippen LogP contribution in [0, 0.1) is 0 Å². The summed E-state index contributed by atoms with van der Waals surface area (Å²) in [5.41, 5.74) is -0.380. The largest absolute Gasteiger partial charge is 0.460 e. The Labute approximate surface area is 92.2 Å². The molecule has 0 rings (SSSR count). The van der Waals surface area contributed by atoms with Crippen LogP contribution in [0.25, 0.3) is 0 Å². The molecule has 0 aliphatic carbocycles. The third-order valence-corrected chi connectivity index (χ3v) is 1.87. The molecule has 0 aliphatic heterocycles. The zero-order valence-corrected chi connectivity index (χ0v) is 10.0. The molecular weight excluding hydrogens is 192 g/mol. The molecule has 0 aromatic rings. The number of rotatable bonds is 7. The van der Waals surface area contributed by atoms with Gasteiger partial charge in [0, 0.05) is 12.8 Å². The monoisotopic (exact) mass is 214 g/mol. The van der Waals surface area contributed by atoms with Crippen LogP contribution in [-0.4, -0.2) is 17.9 Å². The Hall–Kier alpha value is -0.860. The van der Waals surface area contributed by atoms with Crippen molar-refractivity contribution in [3.63, 3.8) is 0 Å². The predicted molar refractivity (Wildman–Crippen MR) is 59.6 cm³/mol. The fourth-order valence-electron chi connectivity index (χ4n) is 1.24. The zero-order valence-electron chi connectivity index (χ0n) is 10.0. The first-order valence-electron chi connectivity index (χ1n) is 5.61. The van der Waals surface area contributed by atoms with Gasteiger partial charge in [-0.2, -0.15) is 0 Å². The number of aldehydes is 1. The summed E-state index contributed by atoms with van der Waals surface area (Å²) in [6.07, 6.45) is 5.85. The maximum Gasteiger partial charge on any atom is 0.306 e. The molecule has 0 saturated heterocycles. The van der Waals surface area contributed by atoms with Crippen LogP contribution in [0.3, 0.4) is 0 Å². The van der Waals surface area contributed by atoms with Crippen LogP contribution in [0.15, 0.2) is 0 Å². The van der Waals surface area contributed by atoms with E-state index in [1.165, 1.54) is 0 Å². The third kappa shape index (κ3) is 11.1. The summed E-state index contributed by atoms with van der Waals surface area (Å²) in [4.78, 5) is 21.3. The number of carbonyl (C=O) groups is 2. The van der Waals surface area contributed by atoms with Gasteiger partial charge in [-0.1, -0.05) is 12.8 Å². The van der Waals surface area contributed by atoms with Crippen LogP contribution in [-0.2, 0) is 14.3 Å². The summed E-state index contributed by atoms with van der Waals surface area (Å²) in [6.45, 7) is 5.61. The lowest BCUT2D eigenvalue weighted by molar-refractivity contribution is -0.154. The summed E-state index contributed by atoms with van der Waals surface area (Å²) in [7, 11) is 0. The minimum atomic E-state index is -0.380. The van der Waals surface area contributed by atoms with Gasteiger partial charge in [-0.15, -0.1) is 0 Å². The minimum absolute atomic E-state index is 0.127. The molecule has 3 nitrogen and oxygen atoms in total. The summed E-state index contributed by atoms with van der Waals surface area (Å²) in [6, 6.07) is 0. The molecule has 0 atom stereocenters. The molecule has 0 aromatic heterocycles. The van der Waals surface area contributed by atoms with Crippen LogP contribution in [0.4, 0.5) is 0 Å². The minimum Gasteiger partial charge on any atom is -0.460 e. The fourth-order valence-corrected chi connectivity index (χ4v) is 1.24. The van der Waals surface area contributed by atoms with E-state index in [1.807, 2.05) is 20.8 Å². The molecule has 3 heteroatoms. The zero-order chi connectivity index (χ0) is 11.7. The van der Waals surface area contributed by atoms with Crippen molar-refractivity contribution in [2.75, 3.05) is 0 Å². The average Bonchev–Trinajstić information content (AvgIpc) is 2.08. The maximum absolute atomic E-state index is 11.3. The second-order valence-electron chi connectivity index (χ2n) is 4.71. The normalized spacial score (nSPS) is 11.1. The van der Waals surface area contributed by atoms with E-state index in [9.17, 15) is 9.59 Å². The van der Waals surface area contributed by atoms with Gasteiger partial charge >= 0.3 is 5.97 Å². The molecule has 15 heavy (non-hydrogen) atoms. The quantitative estimate of drug-likeness (QED) is 0.372. The van der Waals surface area contributed by atoms with Crippen molar-refractivity contribution in [1.82, 2.24) is 0 Å². The van der Waals surface area contributed by atoms with Crippen LogP contribution in [0.2, 0.25) is 0 Å². The van der Waals surface area contributed by atoms with Crippen molar-refractivity contribution in [2.24, 2.45) is 0 Å². The fraction of sp³-hybridized carbons (Fsp3) is 0.833. The Morgan fingerprint density at radius 2 is 1.73 bits per heavy atom. The Morgan fingerprint density at radius 1 is 1.13 bits per heavy atom. The molecule has 0 saturated carbocycles. The second kappa shape index (κ2) is 7.43. The molecule has 0 amide bonds. The van der Waals surface area contributed by atoms with Crippen molar-refractivity contribution in [1.29, 1.82) is 0 Å². The van der Waals surface area contributed by atoms with Gasteiger partial charge in [-0.25, -0.2) is 0 Å². The smallest absolute Gasteiger partial charge is 0.306 e. The topological polar surface area (TPSA) is 43.4 Å². The van der Waals surface area contributed by atoms with Crippen LogP contribution in [0.5, 0.6) is 0 Å². The van der Waals surface area contributed by atoms with Gasteiger partial charge in [-0.05, 0) is 33.6 Å². The summed E-state index contributed by atoms with van der Waals surface area (Å²) in [5, 5.41) is 0. The average molecular weight is 214 g/mol. The van der Waals surface area contributed by atoms with Crippen LogP contribution in [0.1, 0.15) is 59.3 Å². The van der Waals surface area contributed by atoms with Crippen LogP contribution >= 0.6 is 0 Å². The number of carbonyl (C=O) groups excluding carboxylic acids is 2. The van der Waals surface area contributed by atoms with Crippen molar-refractivity contribution in [3.8, 4) is 0 Å². The molecule has 0 heterocycles. The van der Waals surface area contributed by atoms with E-state index in [2.05, 4.69) is 0 Å². The van der Waals surface area contributed by atoms with Gasteiger partial charge in [-0.3, -0.25) is 4.79 Å². The summed E-state index contributed by atoms with van der Waals surface area (Å²) < 4.78 is 5.17. The molecule has 0 N–H and O–H groups in total. The van der Waals surface area contributed by atoms with Gasteiger partial charge < -0.3 is 9.53 Å². The number of unbranched alkanes of at least 4 members (excludes halogenated alkanes) is 4. The molecule has 0 bridgehead atoms. The van der Waals surface area contributed by atoms with Gasteiger partial charge in [0.2, 0.25) is 0 Å². The number of hydrogen-bond donors (Lipinski definition) is 0. The molecule has 0 aliphatic rings. The lowest BCUT2D eigenvalue weighted by atomic mass is 10.1. The highest BCUT2D eigenvalue weighted by Gasteiger charge is 2.15. The predicted octanol–water partition coefficient (Wildman–Crippen LogP) is 2.87. The maximum atomic E-state index is 11.3. The van der Waals surface area contributed by atoms with E-state index >= 15 is 0 Å².